The van der Waals surface area contributed by atoms with Crippen LogP contribution in [0.5, 0.6) is 0 Å². The first-order chi connectivity index (χ1) is 9.25. The number of aromatic nitrogens is 1. The van der Waals surface area contributed by atoms with Crippen molar-refractivity contribution >= 4 is 17.5 Å². The third-order valence-corrected chi connectivity index (χ3v) is 3.70. The predicted octanol–water partition coefficient (Wildman–Crippen LogP) is 3.14. The molecule has 1 aliphatic carbocycles. The molecule has 2 aromatic heterocycles. The Hall–Kier alpha value is -1.81. The van der Waals surface area contributed by atoms with E-state index >= 15 is 0 Å². The van der Waals surface area contributed by atoms with E-state index in [1.807, 2.05) is 6.07 Å². The van der Waals surface area contributed by atoms with Crippen molar-refractivity contribution in [2.75, 3.05) is 0 Å². The number of nitrogens with one attached hydrogen (secondary N) is 1. The minimum atomic E-state index is -0.197. The van der Waals surface area contributed by atoms with E-state index in [-0.39, 0.29) is 11.9 Å². The Balaban J connectivity index is 1.80. The van der Waals surface area contributed by atoms with Crippen LogP contribution >= 0.6 is 11.6 Å². The Bertz CT molecular complexity index is 609. The summed E-state index contributed by atoms with van der Waals surface area (Å²) in [5, 5.41) is 3.41. The monoisotopic (exact) mass is 276 g/mol. The van der Waals surface area contributed by atoms with E-state index in [1.54, 1.807) is 18.5 Å². The zero-order chi connectivity index (χ0) is 13.2. The number of rotatable bonds is 2. The van der Waals surface area contributed by atoms with Gasteiger partial charge in [-0.1, -0.05) is 11.6 Å². The zero-order valence-corrected chi connectivity index (χ0v) is 11.0. The van der Waals surface area contributed by atoms with Gasteiger partial charge in [0.2, 0.25) is 0 Å². The number of amides is 1. The molecule has 3 rings (SSSR count). The van der Waals surface area contributed by atoms with Gasteiger partial charge < -0.3 is 9.73 Å². The van der Waals surface area contributed by atoms with E-state index < -0.39 is 0 Å². The molecule has 2 aromatic rings. The molecule has 0 fully saturated rings. The van der Waals surface area contributed by atoms with E-state index in [9.17, 15) is 4.79 Å². The fourth-order valence-corrected chi connectivity index (χ4v) is 2.61. The lowest BCUT2D eigenvalue weighted by atomic mass is 9.93. The second-order valence-corrected chi connectivity index (χ2v) is 4.98. The number of hydrogen-bond acceptors (Lipinski definition) is 3. The van der Waals surface area contributed by atoms with Crippen molar-refractivity contribution in [1.82, 2.24) is 10.3 Å². The van der Waals surface area contributed by atoms with Gasteiger partial charge in [-0.2, -0.15) is 0 Å². The van der Waals surface area contributed by atoms with Crippen LogP contribution in [0.3, 0.4) is 0 Å². The molecule has 4 nitrogen and oxygen atoms in total. The van der Waals surface area contributed by atoms with Crippen molar-refractivity contribution in [1.29, 1.82) is 0 Å². The highest BCUT2D eigenvalue weighted by molar-refractivity contribution is 6.33. The lowest BCUT2D eigenvalue weighted by Crippen LogP contribution is -2.30. The van der Waals surface area contributed by atoms with Crippen LogP contribution in [-0.4, -0.2) is 10.9 Å². The molecule has 1 N–H and O–H groups in total. The molecule has 0 saturated carbocycles. The normalized spacial score (nSPS) is 17.8. The van der Waals surface area contributed by atoms with E-state index in [2.05, 4.69) is 10.3 Å². The van der Waals surface area contributed by atoms with Gasteiger partial charge in [-0.15, -0.1) is 0 Å². The topological polar surface area (TPSA) is 55.1 Å². The average Bonchev–Trinajstić information content (AvgIpc) is 2.88. The quantitative estimate of drug-likeness (QED) is 0.917. The van der Waals surface area contributed by atoms with E-state index in [0.29, 0.717) is 10.6 Å². The number of carbonyl (C=O) groups is 1. The summed E-state index contributed by atoms with van der Waals surface area (Å²) in [4.78, 5) is 16.1. The first-order valence-corrected chi connectivity index (χ1v) is 6.60. The third kappa shape index (κ3) is 2.36. The summed E-state index contributed by atoms with van der Waals surface area (Å²) in [6, 6.07) is 3.52. The molecule has 1 unspecified atom stereocenters. The SMILES string of the molecule is O=C(NC1CCCc2occc21)c1cnccc1Cl. The smallest absolute Gasteiger partial charge is 0.254 e. The fraction of sp³-hybridized carbons (Fsp3) is 0.286. The fourth-order valence-electron chi connectivity index (χ4n) is 2.42. The summed E-state index contributed by atoms with van der Waals surface area (Å²) in [7, 11) is 0. The molecule has 2 heterocycles. The number of aryl methyl sites for hydroxylation is 1. The van der Waals surface area contributed by atoms with E-state index in [1.165, 1.54) is 6.20 Å². The highest BCUT2D eigenvalue weighted by atomic mass is 35.5. The number of fused-ring (bicyclic) bond motifs is 1. The predicted molar refractivity (Wildman–Crippen MR) is 71.1 cm³/mol. The van der Waals surface area contributed by atoms with E-state index in [0.717, 1.165) is 30.6 Å². The molecule has 0 spiro atoms. The average molecular weight is 277 g/mol. The van der Waals surface area contributed by atoms with Crippen LogP contribution in [0.2, 0.25) is 5.02 Å². The number of pyridine rings is 1. The molecule has 5 heteroatoms. The second kappa shape index (κ2) is 5.05. The van der Waals surface area contributed by atoms with Gasteiger partial charge in [0.15, 0.2) is 0 Å². The van der Waals surface area contributed by atoms with Gasteiger partial charge in [-0.25, -0.2) is 0 Å². The highest BCUT2D eigenvalue weighted by Gasteiger charge is 2.24. The van der Waals surface area contributed by atoms with Crippen LogP contribution in [0.4, 0.5) is 0 Å². The summed E-state index contributed by atoms with van der Waals surface area (Å²) < 4.78 is 5.41. The summed E-state index contributed by atoms with van der Waals surface area (Å²) in [6.07, 6.45) is 7.57. The summed E-state index contributed by atoms with van der Waals surface area (Å²) in [6.45, 7) is 0. The maximum absolute atomic E-state index is 12.2. The largest absolute Gasteiger partial charge is 0.469 e. The first-order valence-electron chi connectivity index (χ1n) is 6.22. The molecule has 0 saturated heterocycles. The van der Waals surface area contributed by atoms with Crippen molar-refractivity contribution in [2.24, 2.45) is 0 Å². The zero-order valence-electron chi connectivity index (χ0n) is 10.2. The molecule has 19 heavy (non-hydrogen) atoms. The minimum Gasteiger partial charge on any atom is -0.469 e. The third-order valence-electron chi connectivity index (χ3n) is 3.37. The van der Waals surface area contributed by atoms with Crippen molar-refractivity contribution in [3.63, 3.8) is 0 Å². The van der Waals surface area contributed by atoms with Gasteiger partial charge in [-0.05, 0) is 25.0 Å². The van der Waals surface area contributed by atoms with Gasteiger partial charge in [0.1, 0.15) is 5.76 Å². The molecular weight excluding hydrogens is 264 g/mol. The molecule has 0 aromatic carbocycles. The van der Waals surface area contributed by atoms with Crippen molar-refractivity contribution in [3.05, 3.63) is 52.7 Å². The molecule has 0 aliphatic heterocycles. The second-order valence-electron chi connectivity index (χ2n) is 4.57. The molecule has 0 bridgehead atoms. The maximum Gasteiger partial charge on any atom is 0.254 e. The number of nitrogens with zero attached hydrogens (tertiary/aromatic N) is 1. The van der Waals surface area contributed by atoms with Crippen LogP contribution < -0.4 is 5.32 Å². The molecule has 98 valence electrons. The van der Waals surface area contributed by atoms with Gasteiger partial charge >= 0.3 is 0 Å². The molecule has 0 radical (unpaired) electrons. The molecule has 1 atom stereocenters. The Morgan fingerprint density at radius 1 is 1.47 bits per heavy atom. The lowest BCUT2D eigenvalue weighted by Gasteiger charge is -2.22. The number of furan rings is 1. The number of carbonyl (C=O) groups excluding carboxylic acids is 1. The van der Waals surface area contributed by atoms with Crippen molar-refractivity contribution in [2.45, 2.75) is 25.3 Å². The van der Waals surface area contributed by atoms with Crippen LogP contribution in [0, 0.1) is 0 Å². The summed E-state index contributed by atoms with van der Waals surface area (Å²) >= 11 is 6.00. The Kier molecular flexibility index (Phi) is 3.25. The van der Waals surface area contributed by atoms with Gasteiger partial charge in [0, 0.05) is 24.4 Å². The molecule has 1 aliphatic rings. The standard InChI is InChI=1S/C14H13ClN2O2/c15-11-4-6-16-8-10(11)14(18)17-12-2-1-3-13-9(12)5-7-19-13/h4-8,12H,1-3H2,(H,17,18). The van der Waals surface area contributed by atoms with Crippen LogP contribution in [0.15, 0.2) is 35.2 Å². The van der Waals surface area contributed by atoms with Gasteiger partial charge in [0.05, 0.1) is 22.9 Å². The maximum atomic E-state index is 12.2. The lowest BCUT2D eigenvalue weighted by molar-refractivity contribution is 0.0932. The van der Waals surface area contributed by atoms with Gasteiger partial charge in [-0.3, -0.25) is 9.78 Å². The number of halogens is 1. The Morgan fingerprint density at radius 2 is 2.37 bits per heavy atom. The summed E-state index contributed by atoms with van der Waals surface area (Å²) in [5.41, 5.74) is 1.47. The van der Waals surface area contributed by atoms with E-state index in [4.69, 9.17) is 16.0 Å². The Labute approximate surface area is 115 Å². The Morgan fingerprint density at radius 3 is 3.21 bits per heavy atom. The molecular formula is C14H13ClN2O2. The minimum absolute atomic E-state index is 0.00808. The van der Waals surface area contributed by atoms with Crippen LogP contribution in [0.1, 0.15) is 40.6 Å². The molecule has 1 amide bonds. The van der Waals surface area contributed by atoms with Crippen molar-refractivity contribution < 1.29 is 9.21 Å². The van der Waals surface area contributed by atoms with Crippen LogP contribution in [-0.2, 0) is 6.42 Å². The summed E-state index contributed by atoms with van der Waals surface area (Å²) in [5.74, 6) is 0.769. The van der Waals surface area contributed by atoms with Crippen molar-refractivity contribution in [3.8, 4) is 0 Å². The van der Waals surface area contributed by atoms with Gasteiger partial charge in [0.25, 0.3) is 5.91 Å². The number of hydrogen-bond donors (Lipinski definition) is 1. The van der Waals surface area contributed by atoms with Crippen LogP contribution in [0.25, 0.3) is 0 Å². The first kappa shape index (κ1) is 12.2. The highest BCUT2D eigenvalue weighted by Crippen LogP contribution is 2.30.